The van der Waals surface area contributed by atoms with Crippen molar-refractivity contribution in [1.82, 2.24) is 9.78 Å². The van der Waals surface area contributed by atoms with Crippen LogP contribution in [0.25, 0.3) is 0 Å². The number of nitrogens with zero attached hydrogens (tertiary/aromatic N) is 2. The van der Waals surface area contributed by atoms with Crippen molar-refractivity contribution in [3.63, 3.8) is 0 Å². The molecule has 2 rings (SSSR count). The molecule has 0 saturated heterocycles. The summed E-state index contributed by atoms with van der Waals surface area (Å²) in [4.78, 5) is 0. The minimum atomic E-state index is 0.0118. The second-order valence-electron chi connectivity index (χ2n) is 4.58. The van der Waals surface area contributed by atoms with Gasteiger partial charge in [-0.3, -0.25) is 4.68 Å². The summed E-state index contributed by atoms with van der Waals surface area (Å²) in [6.07, 6.45) is 1.70. The predicted octanol–water partition coefficient (Wildman–Crippen LogP) is 4.78. The number of aryl methyl sites for hydroxylation is 2. The van der Waals surface area contributed by atoms with E-state index < -0.39 is 0 Å². The Labute approximate surface area is 124 Å². The normalized spacial score (nSPS) is 12.6. The SMILES string of the molecule is CCn1nc(C)c(Cl)c1CCC(Cl)c1ccccc1. The molecule has 1 atom stereocenters. The number of alkyl halides is 1. The molecule has 1 aromatic carbocycles. The van der Waals surface area contributed by atoms with Gasteiger partial charge in [0.05, 0.1) is 21.8 Å². The Bertz CT molecular complexity index is 535. The predicted molar refractivity (Wildman–Crippen MR) is 81.0 cm³/mol. The summed E-state index contributed by atoms with van der Waals surface area (Å²) < 4.78 is 1.96. The van der Waals surface area contributed by atoms with E-state index in [2.05, 4.69) is 24.2 Å². The van der Waals surface area contributed by atoms with E-state index in [1.54, 1.807) is 0 Å². The van der Waals surface area contributed by atoms with Gasteiger partial charge in [0.1, 0.15) is 0 Å². The van der Waals surface area contributed by atoms with Crippen LogP contribution in [0.2, 0.25) is 5.02 Å². The van der Waals surface area contributed by atoms with Crippen molar-refractivity contribution in [2.45, 2.75) is 38.6 Å². The van der Waals surface area contributed by atoms with E-state index in [1.165, 1.54) is 0 Å². The van der Waals surface area contributed by atoms with Gasteiger partial charge in [0.15, 0.2) is 0 Å². The maximum Gasteiger partial charge on any atom is 0.0847 e. The minimum absolute atomic E-state index is 0.0118. The first-order chi connectivity index (χ1) is 9.13. The van der Waals surface area contributed by atoms with Crippen molar-refractivity contribution < 1.29 is 0 Å². The van der Waals surface area contributed by atoms with Gasteiger partial charge in [-0.1, -0.05) is 41.9 Å². The van der Waals surface area contributed by atoms with Crippen molar-refractivity contribution in [2.24, 2.45) is 0 Å². The Hall–Kier alpha value is -0.990. The molecule has 1 heterocycles. The lowest BCUT2D eigenvalue weighted by molar-refractivity contribution is 0.603. The monoisotopic (exact) mass is 296 g/mol. The molecule has 2 aromatic rings. The molecule has 0 aliphatic heterocycles. The highest BCUT2D eigenvalue weighted by molar-refractivity contribution is 6.31. The van der Waals surface area contributed by atoms with E-state index in [4.69, 9.17) is 23.2 Å². The molecule has 0 spiro atoms. The second kappa shape index (κ2) is 6.44. The number of hydrogen-bond acceptors (Lipinski definition) is 1. The van der Waals surface area contributed by atoms with Crippen LogP contribution in [0.3, 0.4) is 0 Å². The molecule has 102 valence electrons. The Morgan fingerprint density at radius 1 is 1.26 bits per heavy atom. The largest absolute Gasteiger partial charge is 0.268 e. The zero-order chi connectivity index (χ0) is 13.8. The van der Waals surface area contributed by atoms with Crippen LogP contribution in [-0.4, -0.2) is 9.78 Å². The summed E-state index contributed by atoms with van der Waals surface area (Å²) in [6.45, 7) is 4.84. The van der Waals surface area contributed by atoms with Crippen molar-refractivity contribution >= 4 is 23.2 Å². The van der Waals surface area contributed by atoms with E-state index in [0.717, 1.165) is 41.4 Å². The first-order valence-electron chi connectivity index (χ1n) is 6.54. The first-order valence-corrected chi connectivity index (χ1v) is 7.35. The average Bonchev–Trinajstić information content (AvgIpc) is 2.72. The third kappa shape index (κ3) is 3.31. The molecule has 1 aromatic heterocycles. The van der Waals surface area contributed by atoms with Crippen LogP contribution >= 0.6 is 23.2 Å². The molecule has 0 radical (unpaired) electrons. The molecule has 2 nitrogen and oxygen atoms in total. The number of benzene rings is 1. The Kier molecular flexibility index (Phi) is 4.89. The van der Waals surface area contributed by atoms with Gasteiger partial charge in [0.25, 0.3) is 0 Å². The highest BCUT2D eigenvalue weighted by atomic mass is 35.5. The quantitative estimate of drug-likeness (QED) is 0.726. The molecule has 0 fully saturated rings. The molecule has 4 heteroatoms. The van der Waals surface area contributed by atoms with Crippen molar-refractivity contribution in [2.75, 3.05) is 0 Å². The summed E-state index contributed by atoms with van der Waals surface area (Å²) >= 11 is 12.7. The second-order valence-corrected chi connectivity index (χ2v) is 5.48. The van der Waals surface area contributed by atoms with E-state index in [1.807, 2.05) is 29.8 Å². The van der Waals surface area contributed by atoms with Crippen LogP contribution in [0.5, 0.6) is 0 Å². The number of halogens is 2. The van der Waals surface area contributed by atoms with Gasteiger partial charge in [-0.15, -0.1) is 11.6 Å². The molecule has 0 aliphatic rings. The Morgan fingerprint density at radius 2 is 1.95 bits per heavy atom. The third-order valence-corrected chi connectivity index (χ3v) is 4.21. The molecule has 0 saturated carbocycles. The fourth-order valence-electron chi connectivity index (χ4n) is 2.20. The van der Waals surface area contributed by atoms with Gasteiger partial charge >= 0.3 is 0 Å². The number of hydrogen-bond donors (Lipinski definition) is 0. The lowest BCUT2D eigenvalue weighted by atomic mass is 10.1. The summed E-state index contributed by atoms with van der Waals surface area (Å²) in [6, 6.07) is 10.1. The summed E-state index contributed by atoms with van der Waals surface area (Å²) in [5.74, 6) is 0. The van der Waals surface area contributed by atoms with E-state index in [0.29, 0.717) is 0 Å². The van der Waals surface area contributed by atoms with E-state index in [9.17, 15) is 0 Å². The Morgan fingerprint density at radius 3 is 2.58 bits per heavy atom. The lowest BCUT2D eigenvalue weighted by Gasteiger charge is -2.10. The molecular weight excluding hydrogens is 279 g/mol. The number of rotatable bonds is 5. The van der Waals surface area contributed by atoms with Gasteiger partial charge in [0, 0.05) is 6.54 Å². The van der Waals surface area contributed by atoms with Gasteiger partial charge < -0.3 is 0 Å². The molecule has 0 amide bonds. The number of aromatic nitrogens is 2. The molecule has 0 aliphatic carbocycles. The highest BCUT2D eigenvalue weighted by Crippen LogP contribution is 2.28. The fourth-order valence-corrected chi connectivity index (χ4v) is 2.68. The molecular formula is C15H18Cl2N2. The van der Waals surface area contributed by atoms with Gasteiger partial charge in [-0.05, 0) is 32.3 Å². The van der Waals surface area contributed by atoms with Crippen molar-refractivity contribution in [3.05, 3.63) is 52.3 Å². The molecule has 0 bridgehead atoms. The maximum absolute atomic E-state index is 6.44. The third-order valence-electron chi connectivity index (χ3n) is 3.25. The molecule has 0 N–H and O–H groups in total. The van der Waals surface area contributed by atoms with Gasteiger partial charge in [-0.25, -0.2) is 0 Å². The zero-order valence-corrected chi connectivity index (χ0v) is 12.7. The van der Waals surface area contributed by atoms with Crippen LogP contribution in [0, 0.1) is 6.92 Å². The minimum Gasteiger partial charge on any atom is -0.268 e. The Balaban J connectivity index is 2.07. The summed E-state index contributed by atoms with van der Waals surface area (Å²) in [5, 5.41) is 5.21. The maximum atomic E-state index is 6.44. The van der Waals surface area contributed by atoms with Crippen LogP contribution < -0.4 is 0 Å². The van der Waals surface area contributed by atoms with Gasteiger partial charge in [-0.2, -0.15) is 5.10 Å². The van der Waals surface area contributed by atoms with Gasteiger partial charge in [0.2, 0.25) is 0 Å². The topological polar surface area (TPSA) is 17.8 Å². The van der Waals surface area contributed by atoms with Crippen LogP contribution in [0.1, 0.15) is 35.7 Å². The summed E-state index contributed by atoms with van der Waals surface area (Å²) in [7, 11) is 0. The fraction of sp³-hybridized carbons (Fsp3) is 0.400. The van der Waals surface area contributed by atoms with E-state index >= 15 is 0 Å². The van der Waals surface area contributed by atoms with Crippen LogP contribution in [0.15, 0.2) is 30.3 Å². The smallest absolute Gasteiger partial charge is 0.0847 e. The van der Waals surface area contributed by atoms with Crippen LogP contribution in [-0.2, 0) is 13.0 Å². The summed E-state index contributed by atoms with van der Waals surface area (Å²) in [5.41, 5.74) is 3.13. The van der Waals surface area contributed by atoms with Crippen molar-refractivity contribution in [1.29, 1.82) is 0 Å². The van der Waals surface area contributed by atoms with E-state index in [-0.39, 0.29) is 5.38 Å². The van der Waals surface area contributed by atoms with Crippen molar-refractivity contribution in [3.8, 4) is 0 Å². The zero-order valence-electron chi connectivity index (χ0n) is 11.2. The lowest BCUT2D eigenvalue weighted by Crippen LogP contribution is -2.04. The first kappa shape index (κ1) is 14.4. The highest BCUT2D eigenvalue weighted by Gasteiger charge is 2.15. The standard InChI is InChI=1S/C15H18Cl2N2/c1-3-19-14(15(17)11(2)18-19)10-9-13(16)12-7-5-4-6-8-12/h4-8,13H,3,9-10H2,1-2H3. The van der Waals surface area contributed by atoms with Crippen LogP contribution in [0.4, 0.5) is 0 Å². The average molecular weight is 297 g/mol. The molecule has 1 unspecified atom stereocenters. The molecule has 19 heavy (non-hydrogen) atoms.